The molecule has 0 aliphatic carbocycles. The van der Waals surface area contributed by atoms with Crippen molar-refractivity contribution in [3.63, 3.8) is 0 Å². The van der Waals surface area contributed by atoms with Crippen molar-refractivity contribution < 1.29 is 9.32 Å². The van der Waals surface area contributed by atoms with Gasteiger partial charge in [0.2, 0.25) is 5.91 Å². The van der Waals surface area contributed by atoms with E-state index in [9.17, 15) is 9.59 Å². The number of nitrogens with zero attached hydrogens (tertiary/aromatic N) is 2. The molecule has 0 atom stereocenters. The summed E-state index contributed by atoms with van der Waals surface area (Å²) in [7, 11) is 0. The van der Waals surface area contributed by atoms with Gasteiger partial charge in [0.15, 0.2) is 5.82 Å². The smallest absolute Gasteiger partial charge is 0.345 e. The highest BCUT2D eigenvalue weighted by Gasteiger charge is 2.08. The standard InChI is InChI=1S/C11H12N4O3S/c1-6-4-12-11(17)14-10(6)19-5-9(16)13-8-3-7(2)18-15-8/h3-4H,5H2,1-2H3,(H,12,14,17)(H,13,15,16). The molecule has 0 spiro atoms. The second-order valence-electron chi connectivity index (χ2n) is 3.86. The van der Waals surface area contributed by atoms with Crippen LogP contribution in [0.3, 0.4) is 0 Å². The third kappa shape index (κ3) is 3.68. The van der Waals surface area contributed by atoms with Crippen molar-refractivity contribution in [2.24, 2.45) is 0 Å². The minimum atomic E-state index is -0.430. The normalized spacial score (nSPS) is 10.4. The number of hydrogen-bond donors (Lipinski definition) is 2. The molecule has 0 unspecified atom stereocenters. The molecule has 0 radical (unpaired) electrons. The summed E-state index contributed by atoms with van der Waals surface area (Å²) in [5, 5.41) is 6.88. The van der Waals surface area contributed by atoms with E-state index in [2.05, 4.69) is 20.4 Å². The van der Waals surface area contributed by atoms with Gasteiger partial charge in [-0.05, 0) is 19.4 Å². The summed E-state index contributed by atoms with van der Waals surface area (Å²) in [6.07, 6.45) is 1.47. The molecule has 19 heavy (non-hydrogen) atoms. The third-order valence-electron chi connectivity index (χ3n) is 2.20. The maximum absolute atomic E-state index is 11.7. The molecule has 7 nitrogen and oxygen atoms in total. The first-order valence-corrected chi connectivity index (χ1v) is 6.45. The van der Waals surface area contributed by atoms with Gasteiger partial charge in [0.1, 0.15) is 5.76 Å². The number of H-pyrrole nitrogens is 1. The first-order valence-electron chi connectivity index (χ1n) is 5.46. The third-order valence-corrected chi connectivity index (χ3v) is 3.32. The van der Waals surface area contributed by atoms with Crippen molar-refractivity contribution >= 4 is 23.5 Å². The van der Waals surface area contributed by atoms with Gasteiger partial charge in [-0.3, -0.25) is 4.79 Å². The molecule has 100 valence electrons. The van der Waals surface area contributed by atoms with E-state index in [-0.39, 0.29) is 11.7 Å². The van der Waals surface area contributed by atoms with Crippen LogP contribution in [0.4, 0.5) is 5.82 Å². The van der Waals surface area contributed by atoms with Crippen molar-refractivity contribution in [3.8, 4) is 0 Å². The van der Waals surface area contributed by atoms with Crippen molar-refractivity contribution in [3.05, 3.63) is 34.1 Å². The highest BCUT2D eigenvalue weighted by molar-refractivity contribution is 8.00. The number of hydrogen-bond acceptors (Lipinski definition) is 6. The van der Waals surface area contributed by atoms with Crippen LogP contribution >= 0.6 is 11.8 Å². The summed E-state index contributed by atoms with van der Waals surface area (Å²) in [5.74, 6) is 0.933. The SMILES string of the molecule is Cc1cc(NC(=O)CSc2[nH]c(=O)ncc2C)no1. The van der Waals surface area contributed by atoms with Crippen LogP contribution in [0.15, 0.2) is 26.6 Å². The summed E-state index contributed by atoms with van der Waals surface area (Å²) in [5.41, 5.74) is 0.385. The van der Waals surface area contributed by atoms with Crippen LogP contribution in [-0.4, -0.2) is 26.8 Å². The van der Waals surface area contributed by atoms with E-state index in [1.807, 2.05) is 6.92 Å². The Morgan fingerprint density at radius 3 is 3.00 bits per heavy atom. The molecule has 0 saturated carbocycles. The molecule has 0 fully saturated rings. The van der Waals surface area contributed by atoms with Gasteiger partial charge in [-0.25, -0.2) is 9.78 Å². The average Bonchev–Trinajstić information content (AvgIpc) is 2.76. The molecule has 8 heteroatoms. The van der Waals surface area contributed by atoms with E-state index in [1.165, 1.54) is 18.0 Å². The number of carbonyl (C=O) groups is 1. The molecule has 2 rings (SSSR count). The first kappa shape index (κ1) is 13.3. The fourth-order valence-electron chi connectivity index (χ4n) is 1.33. The van der Waals surface area contributed by atoms with Crippen molar-refractivity contribution in [2.75, 3.05) is 11.1 Å². The lowest BCUT2D eigenvalue weighted by molar-refractivity contribution is -0.113. The van der Waals surface area contributed by atoms with Gasteiger partial charge < -0.3 is 14.8 Å². The van der Waals surface area contributed by atoms with Gasteiger partial charge in [0, 0.05) is 12.3 Å². The predicted molar refractivity (Wildman–Crippen MR) is 70.2 cm³/mol. The van der Waals surface area contributed by atoms with Crippen LogP contribution in [0.1, 0.15) is 11.3 Å². The van der Waals surface area contributed by atoms with Crippen molar-refractivity contribution in [1.82, 2.24) is 15.1 Å². The summed E-state index contributed by atoms with van der Waals surface area (Å²) in [6, 6.07) is 1.63. The largest absolute Gasteiger partial charge is 0.360 e. The molecular weight excluding hydrogens is 268 g/mol. The fourth-order valence-corrected chi connectivity index (χ4v) is 2.12. The maximum Gasteiger partial charge on any atom is 0.345 e. The number of carbonyl (C=O) groups excluding carboxylic acids is 1. The lowest BCUT2D eigenvalue weighted by Gasteiger charge is -2.03. The van der Waals surface area contributed by atoms with Crippen LogP contribution < -0.4 is 11.0 Å². The molecule has 2 aromatic rings. The van der Waals surface area contributed by atoms with E-state index < -0.39 is 5.69 Å². The topological polar surface area (TPSA) is 101 Å². The van der Waals surface area contributed by atoms with Crippen molar-refractivity contribution in [1.29, 1.82) is 0 Å². The first-order chi connectivity index (χ1) is 9.04. The molecule has 2 N–H and O–H groups in total. The van der Waals surface area contributed by atoms with E-state index in [0.29, 0.717) is 16.6 Å². The monoisotopic (exact) mass is 280 g/mol. The van der Waals surface area contributed by atoms with Crippen molar-refractivity contribution in [2.45, 2.75) is 18.9 Å². The maximum atomic E-state index is 11.7. The van der Waals surface area contributed by atoms with Gasteiger partial charge in [0.25, 0.3) is 0 Å². The highest BCUT2D eigenvalue weighted by atomic mass is 32.2. The van der Waals surface area contributed by atoms with Gasteiger partial charge in [0.05, 0.1) is 10.8 Å². The average molecular weight is 280 g/mol. The Kier molecular flexibility index (Phi) is 4.00. The molecule has 0 aliphatic rings. The Hall–Kier alpha value is -2.09. The molecule has 2 heterocycles. The second-order valence-corrected chi connectivity index (χ2v) is 4.85. The Morgan fingerprint density at radius 1 is 1.53 bits per heavy atom. The lowest BCUT2D eigenvalue weighted by atomic mass is 10.4. The lowest BCUT2D eigenvalue weighted by Crippen LogP contribution is -2.16. The van der Waals surface area contributed by atoms with Gasteiger partial charge in [-0.15, -0.1) is 0 Å². The second kappa shape index (κ2) is 5.70. The van der Waals surface area contributed by atoms with E-state index >= 15 is 0 Å². The highest BCUT2D eigenvalue weighted by Crippen LogP contribution is 2.17. The van der Waals surface area contributed by atoms with Crippen LogP contribution in [0.25, 0.3) is 0 Å². The molecule has 2 aromatic heterocycles. The molecular formula is C11H12N4O3S. The quantitative estimate of drug-likeness (QED) is 0.642. The zero-order chi connectivity index (χ0) is 13.8. The molecule has 0 saturated heterocycles. The van der Waals surface area contributed by atoms with Crippen LogP contribution in [0.5, 0.6) is 0 Å². The zero-order valence-corrected chi connectivity index (χ0v) is 11.2. The number of aromatic amines is 1. The minimum absolute atomic E-state index is 0.159. The minimum Gasteiger partial charge on any atom is -0.360 e. The summed E-state index contributed by atoms with van der Waals surface area (Å²) >= 11 is 1.23. The fraction of sp³-hybridized carbons (Fsp3) is 0.273. The Labute approximate surface area is 112 Å². The van der Waals surface area contributed by atoms with Gasteiger partial charge >= 0.3 is 5.69 Å². The number of aryl methyl sites for hydroxylation is 2. The number of aromatic nitrogens is 3. The van der Waals surface area contributed by atoms with Crippen LogP contribution in [-0.2, 0) is 4.79 Å². The predicted octanol–water partition coefficient (Wildman–Crippen LogP) is 1.11. The Balaban J connectivity index is 1.93. The van der Waals surface area contributed by atoms with Crippen LogP contribution in [0, 0.1) is 13.8 Å². The van der Waals surface area contributed by atoms with E-state index in [4.69, 9.17) is 4.52 Å². The Bertz CT molecular complexity index is 649. The van der Waals surface area contributed by atoms with Gasteiger partial charge in [-0.2, -0.15) is 0 Å². The number of anilines is 1. The van der Waals surface area contributed by atoms with E-state index in [1.54, 1.807) is 13.0 Å². The van der Waals surface area contributed by atoms with E-state index in [0.717, 1.165) is 5.56 Å². The number of amides is 1. The molecule has 0 aromatic carbocycles. The number of nitrogens with one attached hydrogen (secondary N) is 2. The molecule has 0 bridgehead atoms. The summed E-state index contributed by atoms with van der Waals surface area (Å²) < 4.78 is 4.84. The van der Waals surface area contributed by atoms with Gasteiger partial charge in [-0.1, -0.05) is 16.9 Å². The molecule has 1 amide bonds. The Morgan fingerprint density at radius 2 is 2.32 bits per heavy atom. The number of thioether (sulfide) groups is 1. The molecule has 0 aliphatic heterocycles. The summed E-state index contributed by atoms with van der Waals surface area (Å²) in [6.45, 7) is 3.55. The number of rotatable bonds is 4. The zero-order valence-electron chi connectivity index (χ0n) is 10.4. The van der Waals surface area contributed by atoms with Crippen LogP contribution in [0.2, 0.25) is 0 Å². The summed E-state index contributed by atoms with van der Waals surface area (Å²) in [4.78, 5) is 28.9.